The second-order valence-corrected chi connectivity index (χ2v) is 5.83. The smallest absolute Gasteiger partial charge is 0.160 e. The van der Waals surface area contributed by atoms with E-state index >= 15 is 0 Å². The molecule has 2 aromatic rings. The molecule has 6 heteroatoms. The Morgan fingerprint density at radius 3 is 2.75 bits per heavy atom. The summed E-state index contributed by atoms with van der Waals surface area (Å²) in [7, 11) is 1.95. The maximum absolute atomic E-state index is 13.4. The molecule has 1 aliphatic rings. The molecule has 1 aliphatic carbocycles. The number of benzene rings is 1. The number of rotatable bonds is 2. The second kappa shape index (κ2) is 5.26. The minimum atomic E-state index is -0.579. The Balaban J connectivity index is 1.89. The van der Waals surface area contributed by atoms with Crippen LogP contribution in [-0.4, -0.2) is 9.78 Å². The number of hydrogen-bond donors (Lipinski definition) is 1. The molecule has 0 saturated heterocycles. The van der Waals surface area contributed by atoms with E-state index < -0.39 is 5.82 Å². The first-order valence-corrected chi connectivity index (χ1v) is 7.23. The first-order valence-electron chi connectivity index (χ1n) is 6.48. The summed E-state index contributed by atoms with van der Waals surface area (Å²) in [6.07, 6.45) is 5.02. The number of aromatic nitrogens is 2. The molecule has 1 aromatic heterocycles. The third-order valence-electron chi connectivity index (χ3n) is 3.70. The molecule has 0 amide bonds. The van der Waals surface area contributed by atoms with Crippen LogP contribution in [0, 0.1) is 5.82 Å². The highest BCUT2D eigenvalue weighted by atomic mass is 35.5. The minimum Gasteiger partial charge on any atom is -0.378 e. The average Bonchev–Trinajstić information content (AvgIpc) is 2.79. The molecule has 20 heavy (non-hydrogen) atoms. The maximum atomic E-state index is 13.4. The number of nitrogens with one attached hydrogen (secondary N) is 1. The molecule has 3 rings (SSSR count). The van der Waals surface area contributed by atoms with Crippen molar-refractivity contribution in [1.82, 2.24) is 9.78 Å². The Hall–Kier alpha value is -1.26. The van der Waals surface area contributed by atoms with Crippen LogP contribution in [0.3, 0.4) is 0 Å². The predicted octanol–water partition coefficient (Wildman–Crippen LogP) is 4.36. The molecule has 1 atom stereocenters. The van der Waals surface area contributed by atoms with Crippen molar-refractivity contribution >= 4 is 28.9 Å². The third kappa shape index (κ3) is 2.38. The van der Waals surface area contributed by atoms with E-state index in [0.29, 0.717) is 0 Å². The van der Waals surface area contributed by atoms with Crippen LogP contribution in [-0.2, 0) is 13.5 Å². The van der Waals surface area contributed by atoms with Gasteiger partial charge >= 0.3 is 0 Å². The van der Waals surface area contributed by atoms with E-state index in [1.807, 2.05) is 17.9 Å². The largest absolute Gasteiger partial charge is 0.378 e. The van der Waals surface area contributed by atoms with Crippen LogP contribution in [0.2, 0.25) is 10.0 Å². The first-order chi connectivity index (χ1) is 9.56. The summed E-state index contributed by atoms with van der Waals surface area (Å²) in [5.74, 6) is -0.579. The molecule has 0 radical (unpaired) electrons. The van der Waals surface area contributed by atoms with E-state index in [1.54, 1.807) is 12.1 Å². The van der Waals surface area contributed by atoms with Crippen LogP contribution >= 0.6 is 23.2 Å². The van der Waals surface area contributed by atoms with E-state index in [2.05, 4.69) is 10.4 Å². The van der Waals surface area contributed by atoms with Crippen LogP contribution in [0.4, 0.5) is 10.1 Å². The van der Waals surface area contributed by atoms with Crippen LogP contribution in [0.1, 0.15) is 30.1 Å². The molecule has 1 aromatic carbocycles. The van der Waals surface area contributed by atoms with Crippen LogP contribution < -0.4 is 5.32 Å². The molecule has 0 aliphatic heterocycles. The molecule has 0 bridgehead atoms. The van der Waals surface area contributed by atoms with Gasteiger partial charge in [0.15, 0.2) is 5.82 Å². The molecule has 1 heterocycles. The lowest BCUT2D eigenvalue weighted by Crippen LogP contribution is -2.17. The standard InChI is InChI=1S/C14H14Cl2FN3/c1-20-13-4-2-3-12(9(13)7-18-20)19-8-5-10(15)14(17)11(16)6-8/h5-7,12,19H,2-4H2,1H3. The van der Waals surface area contributed by atoms with Gasteiger partial charge in [0.2, 0.25) is 0 Å². The van der Waals surface area contributed by atoms with E-state index in [1.165, 1.54) is 11.3 Å². The molecule has 0 saturated carbocycles. The minimum absolute atomic E-state index is 0.0298. The number of nitrogens with zero attached hydrogens (tertiary/aromatic N) is 2. The Labute approximate surface area is 126 Å². The summed E-state index contributed by atoms with van der Waals surface area (Å²) in [5.41, 5.74) is 3.16. The molecule has 106 valence electrons. The number of aryl methyl sites for hydroxylation is 1. The molecule has 0 spiro atoms. The molecular formula is C14H14Cl2FN3. The van der Waals surface area contributed by atoms with Gasteiger partial charge in [0.1, 0.15) is 0 Å². The van der Waals surface area contributed by atoms with Crippen LogP contribution in [0.15, 0.2) is 18.3 Å². The Morgan fingerprint density at radius 2 is 2.05 bits per heavy atom. The molecule has 1 unspecified atom stereocenters. The normalized spacial score (nSPS) is 17.9. The van der Waals surface area contributed by atoms with Crippen molar-refractivity contribution in [2.24, 2.45) is 7.05 Å². The van der Waals surface area contributed by atoms with Crippen molar-refractivity contribution in [2.75, 3.05) is 5.32 Å². The molecule has 0 fully saturated rings. The van der Waals surface area contributed by atoms with Crippen molar-refractivity contribution < 1.29 is 4.39 Å². The third-order valence-corrected chi connectivity index (χ3v) is 4.25. The Morgan fingerprint density at radius 1 is 1.35 bits per heavy atom. The van der Waals surface area contributed by atoms with E-state index in [9.17, 15) is 4.39 Å². The second-order valence-electron chi connectivity index (χ2n) is 5.01. The number of anilines is 1. The molecule has 1 N–H and O–H groups in total. The highest BCUT2D eigenvalue weighted by Crippen LogP contribution is 2.34. The summed E-state index contributed by atoms with van der Waals surface area (Å²) in [5, 5.41) is 7.73. The highest BCUT2D eigenvalue weighted by molar-refractivity contribution is 6.35. The summed E-state index contributed by atoms with van der Waals surface area (Å²) in [6, 6.07) is 3.28. The fraction of sp³-hybridized carbons (Fsp3) is 0.357. The van der Waals surface area contributed by atoms with Crippen molar-refractivity contribution in [3.63, 3.8) is 0 Å². The summed E-state index contributed by atoms with van der Waals surface area (Å²) >= 11 is 11.7. The van der Waals surface area contributed by atoms with Gasteiger partial charge in [0.05, 0.1) is 22.3 Å². The lowest BCUT2D eigenvalue weighted by atomic mass is 9.93. The van der Waals surface area contributed by atoms with E-state index in [-0.39, 0.29) is 16.1 Å². The van der Waals surface area contributed by atoms with Gasteiger partial charge in [0, 0.05) is 24.0 Å². The number of halogens is 3. The molecule has 3 nitrogen and oxygen atoms in total. The lowest BCUT2D eigenvalue weighted by molar-refractivity contribution is 0.571. The Kier molecular flexibility index (Phi) is 3.61. The van der Waals surface area contributed by atoms with Gasteiger partial charge < -0.3 is 5.32 Å². The van der Waals surface area contributed by atoms with Crippen molar-refractivity contribution in [3.05, 3.63) is 45.4 Å². The van der Waals surface area contributed by atoms with E-state index in [4.69, 9.17) is 23.2 Å². The first kappa shape index (κ1) is 13.7. The summed E-state index contributed by atoms with van der Waals surface area (Å²) < 4.78 is 15.3. The average molecular weight is 314 g/mol. The SMILES string of the molecule is Cn1ncc2c1CCCC2Nc1cc(Cl)c(F)c(Cl)c1. The number of hydrogen-bond acceptors (Lipinski definition) is 2. The van der Waals surface area contributed by atoms with Crippen LogP contribution in [0.25, 0.3) is 0 Å². The van der Waals surface area contributed by atoms with Gasteiger partial charge in [-0.15, -0.1) is 0 Å². The predicted molar refractivity (Wildman–Crippen MR) is 78.9 cm³/mol. The number of fused-ring (bicyclic) bond motifs is 1. The lowest BCUT2D eigenvalue weighted by Gasteiger charge is -2.25. The fourth-order valence-electron chi connectivity index (χ4n) is 2.70. The zero-order valence-electron chi connectivity index (χ0n) is 11.0. The van der Waals surface area contributed by atoms with E-state index in [0.717, 1.165) is 24.9 Å². The fourth-order valence-corrected chi connectivity index (χ4v) is 3.18. The van der Waals surface area contributed by atoms with Crippen molar-refractivity contribution in [2.45, 2.75) is 25.3 Å². The van der Waals surface area contributed by atoms with Gasteiger partial charge in [-0.2, -0.15) is 5.10 Å². The van der Waals surface area contributed by atoms with Gasteiger partial charge in [-0.05, 0) is 31.4 Å². The monoisotopic (exact) mass is 313 g/mol. The van der Waals surface area contributed by atoms with Gasteiger partial charge in [-0.3, -0.25) is 4.68 Å². The topological polar surface area (TPSA) is 29.9 Å². The zero-order chi connectivity index (χ0) is 14.3. The van der Waals surface area contributed by atoms with Crippen molar-refractivity contribution in [3.8, 4) is 0 Å². The molecular weight excluding hydrogens is 300 g/mol. The quantitative estimate of drug-likeness (QED) is 0.835. The van der Waals surface area contributed by atoms with Gasteiger partial charge in [-0.25, -0.2) is 4.39 Å². The van der Waals surface area contributed by atoms with Gasteiger partial charge in [0.25, 0.3) is 0 Å². The summed E-state index contributed by atoms with van der Waals surface area (Å²) in [6.45, 7) is 0. The van der Waals surface area contributed by atoms with Crippen molar-refractivity contribution in [1.29, 1.82) is 0 Å². The van der Waals surface area contributed by atoms with Crippen LogP contribution in [0.5, 0.6) is 0 Å². The highest BCUT2D eigenvalue weighted by Gasteiger charge is 2.23. The maximum Gasteiger partial charge on any atom is 0.160 e. The zero-order valence-corrected chi connectivity index (χ0v) is 12.5. The summed E-state index contributed by atoms with van der Waals surface area (Å²) in [4.78, 5) is 0. The van der Waals surface area contributed by atoms with Gasteiger partial charge in [-0.1, -0.05) is 23.2 Å². The Bertz CT molecular complexity index is 631.